The van der Waals surface area contributed by atoms with E-state index in [1.54, 1.807) is 18.9 Å². The third kappa shape index (κ3) is 5.10. The van der Waals surface area contributed by atoms with Crippen molar-refractivity contribution in [1.82, 2.24) is 5.32 Å². The SMILES string of the molecule is COC(CCSC)CNC(=O)c1cc(C)cs1. The third-order valence-corrected chi connectivity index (χ3v) is 4.11. The number of carbonyl (C=O) groups excluding carboxylic acids is 1. The molecule has 0 spiro atoms. The number of thioether (sulfide) groups is 1. The highest BCUT2D eigenvalue weighted by molar-refractivity contribution is 7.98. The molecule has 0 bridgehead atoms. The van der Waals surface area contributed by atoms with Crippen LogP contribution in [0.4, 0.5) is 0 Å². The molecule has 1 aromatic rings. The Morgan fingerprint density at radius 3 is 2.94 bits per heavy atom. The third-order valence-electron chi connectivity index (χ3n) is 2.42. The zero-order valence-electron chi connectivity index (χ0n) is 10.5. The molecule has 3 nitrogen and oxygen atoms in total. The molecule has 0 saturated heterocycles. The van der Waals surface area contributed by atoms with Gasteiger partial charge in [-0.1, -0.05) is 0 Å². The van der Waals surface area contributed by atoms with Crippen molar-refractivity contribution in [3.63, 3.8) is 0 Å². The van der Waals surface area contributed by atoms with Crippen LogP contribution in [0.25, 0.3) is 0 Å². The fourth-order valence-corrected chi connectivity index (χ4v) is 2.71. The lowest BCUT2D eigenvalue weighted by molar-refractivity contribution is 0.0822. The molecule has 0 aliphatic rings. The van der Waals surface area contributed by atoms with Crippen LogP contribution in [-0.2, 0) is 4.74 Å². The second-order valence-corrected chi connectivity index (χ2v) is 5.73. The van der Waals surface area contributed by atoms with Crippen LogP contribution in [0.15, 0.2) is 11.4 Å². The Bertz CT molecular complexity index is 352. The smallest absolute Gasteiger partial charge is 0.261 e. The molecular weight excluding hydrogens is 254 g/mol. The number of ether oxygens (including phenoxy) is 1. The molecule has 1 unspecified atom stereocenters. The van der Waals surface area contributed by atoms with Crippen LogP contribution >= 0.6 is 23.1 Å². The van der Waals surface area contributed by atoms with Gasteiger partial charge in [0, 0.05) is 13.7 Å². The molecule has 1 aromatic heterocycles. The van der Waals surface area contributed by atoms with Crippen molar-refractivity contribution in [1.29, 1.82) is 0 Å². The van der Waals surface area contributed by atoms with Crippen molar-refractivity contribution >= 4 is 29.0 Å². The zero-order valence-corrected chi connectivity index (χ0v) is 12.1. The van der Waals surface area contributed by atoms with Crippen LogP contribution in [0.2, 0.25) is 0 Å². The average Bonchev–Trinajstić information content (AvgIpc) is 2.76. The number of hydrogen-bond donors (Lipinski definition) is 1. The predicted molar refractivity (Wildman–Crippen MR) is 75.2 cm³/mol. The number of carbonyl (C=O) groups is 1. The van der Waals surface area contributed by atoms with Crippen LogP contribution in [0.1, 0.15) is 21.7 Å². The molecule has 1 rings (SSSR count). The molecule has 0 fully saturated rings. The number of amides is 1. The maximum atomic E-state index is 11.8. The second kappa shape index (κ2) is 7.74. The number of hydrogen-bond acceptors (Lipinski definition) is 4. The lowest BCUT2D eigenvalue weighted by Gasteiger charge is -2.15. The van der Waals surface area contributed by atoms with Crippen LogP contribution in [-0.4, -0.2) is 37.7 Å². The van der Waals surface area contributed by atoms with E-state index < -0.39 is 0 Å². The summed E-state index contributed by atoms with van der Waals surface area (Å²) >= 11 is 3.27. The maximum Gasteiger partial charge on any atom is 0.261 e. The standard InChI is InChI=1S/C12H19NO2S2/c1-9-6-11(17-8-9)12(14)13-7-10(15-2)4-5-16-3/h6,8,10H,4-5,7H2,1-3H3,(H,13,14). The van der Waals surface area contributed by atoms with Crippen molar-refractivity contribution in [3.8, 4) is 0 Å². The molecule has 0 aliphatic heterocycles. The topological polar surface area (TPSA) is 38.3 Å². The van der Waals surface area contributed by atoms with Gasteiger partial charge in [-0.05, 0) is 42.4 Å². The second-order valence-electron chi connectivity index (χ2n) is 3.84. The first-order valence-corrected chi connectivity index (χ1v) is 7.79. The minimum Gasteiger partial charge on any atom is -0.380 e. The summed E-state index contributed by atoms with van der Waals surface area (Å²) in [5, 5.41) is 4.89. The van der Waals surface area contributed by atoms with Gasteiger partial charge < -0.3 is 10.1 Å². The first-order chi connectivity index (χ1) is 8.17. The normalized spacial score (nSPS) is 12.4. The van der Waals surface area contributed by atoms with Crippen molar-refractivity contribution in [2.45, 2.75) is 19.4 Å². The molecule has 96 valence electrons. The molecule has 1 atom stereocenters. The van der Waals surface area contributed by atoms with Crippen molar-refractivity contribution in [2.75, 3.05) is 25.7 Å². The Morgan fingerprint density at radius 1 is 1.65 bits per heavy atom. The van der Waals surface area contributed by atoms with Gasteiger partial charge in [-0.3, -0.25) is 4.79 Å². The highest BCUT2D eigenvalue weighted by Gasteiger charge is 2.11. The molecule has 1 heterocycles. The summed E-state index contributed by atoms with van der Waals surface area (Å²) in [5.74, 6) is 1.04. The average molecular weight is 273 g/mol. The minimum atomic E-state index is -0.00528. The summed E-state index contributed by atoms with van der Waals surface area (Å²) in [7, 11) is 1.69. The van der Waals surface area contributed by atoms with Gasteiger partial charge in [-0.15, -0.1) is 11.3 Å². The van der Waals surface area contributed by atoms with E-state index in [0.717, 1.165) is 22.6 Å². The summed E-state index contributed by atoms with van der Waals surface area (Å²) < 4.78 is 5.32. The summed E-state index contributed by atoms with van der Waals surface area (Å²) in [6.07, 6.45) is 3.13. The van der Waals surface area contributed by atoms with E-state index in [9.17, 15) is 4.79 Å². The summed E-state index contributed by atoms with van der Waals surface area (Å²) in [4.78, 5) is 12.6. The number of rotatable bonds is 7. The summed E-state index contributed by atoms with van der Waals surface area (Å²) in [6, 6.07) is 1.91. The highest BCUT2D eigenvalue weighted by Crippen LogP contribution is 2.13. The van der Waals surface area contributed by atoms with E-state index in [-0.39, 0.29) is 12.0 Å². The van der Waals surface area contributed by atoms with Gasteiger partial charge in [-0.25, -0.2) is 0 Å². The van der Waals surface area contributed by atoms with Gasteiger partial charge in [0.1, 0.15) is 0 Å². The maximum absolute atomic E-state index is 11.8. The number of methoxy groups -OCH3 is 1. The molecule has 0 saturated carbocycles. The Hall–Kier alpha value is -0.520. The number of aryl methyl sites for hydroxylation is 1. The molecule has 17 heavy (non-hydrogen) atoms. The molecule has 5 heteroatoms. The van der Waals surface area contributed by atoms with Gasteiger partial charge in [-0.2, -0.15) is 11.8 Å². The molecule has 0 radical (unpaired) electrons. The summed E-state index contributed by atoms with van der Waals surface area (Å²) in [6.45, 7) is 2.57. The predicted octanol–water partition coefficient (Wildman–Crippen LogP) is 2.55. The lowest BCUT2D eigenvalue weighted by Crippen LogP contribution is -2.33. The first-order valence-electron chi connectivity index (χ1n) is 5.52. The van der Waals surface area contributed by atoms with E-state index in [1.165, 1.54) is 11.3 Å². The van der Waals surface area contributed by atoms with Crippen LogP contribution in [0.5, 0.6) is 0 Å². The molecule has 0 aliphatic carbocycles. The fraction of sp³-hybridized carbons (Fsp3) is 0.583. The Labute approximate surface area is 111 Å². The number of thiophene rings is 1. The van der Waals surface area contributed by atoms with Crippen LogP contribution in [0.3, 0.4) is 0 Å². The molecule has 0 aromatic carbocycles. The van der Waals surface area contributed by atoms with Gasteiger partial charge in [0.2, 0.25) is 0 Å². The fourth-order valence-electron chi connectivity index (χ4n) is 1.40. The van der Waals surface area contributed by atoms with Crippen molar-refractivity contribution < 1.29 is 9.53 Å². The molecular formula is C12H19NO2S2. The molecule has 1 N–H and O–H groups in total. The zero-order chi connectivity index (χ0) is 12.7. The van der Waals surface area contributed by atoms with E-state index >= 15 is 0 Å². The minimum absolute atomic E-state index is 0.00528. The monoisotopic (exact) mass is 273 g/mol. The largest absolute Gasteiger partial charge is 0.380 e. The van der Waals surface area contributed by atoms with E-state index in [4.69, 9.17) is 4.74 Å². The van der Waals surface area contributed by atoms with Crippen molar-refractivity contribution in [2.24, 2.45) is 0 Å². The highest BCUT2D eigenvalue weighted by atomic mass is 32.2. The van der Waals surface area contributed by atoms with Crippen LogP contribution < -0.4 is 5.32 Å². The van der Waals surface area contributed by atoms with Gasteiger partial charge in [0.15, 0.2) is 0 Å². The van der Waals surface area contributed by atoms with E-state index in [0.29, 0.717) is 6.54 Å². The Kier molecular flexibility index (Phi) is 6.62. The molecule has 1 amide bonds. The summed E-state index contributed by atoms with van der Waals surface area (Å²) in [5.41, 5.74) is 1.13. The Balaban J connectivity index is 2.36. The van der Waals surface area contributed by atoms with Gasteiger partial charge in [0.25, 0.3) is 5.91 Å². The van der Waals surface area contributed by atoms with Gasteiger partial charge in [0.05, 0.1) is 11.0 Å². The lowest BCUT2D eigenvalue weighted by atomic mass is 10.2. The van der Waals surface area contributed by atoms with Crippen LogP contribution in [0, 0.1) is 6.92 Å². The van der Waals surface area contributed by atoms with Gasteiger partial charge >= 0.3 is 0 Å². The van der Waals surface area contributed by atoms with E-state index in [1.807, 2.05) is 18.4 Å². The quantitative estimate of drug-likeness (QED) is 0.830. The van der Waals surface area contributed by atoms with E-state index in [2.05, 4.69) is 11.6 Å². The Morgan fingerprint density at radius 2 is 2.41 bits per heavy atom. The number of nitrogens with one attached hydrogen (secondary N) is 1. The first kappa shape index (κ1) is 14.5. The van der Waals surface area contributed by atoms with Crippen molar-refractivity contribution in [3.05, 3.63) is 21.9 Å².